The van der Waals surface area contributed by atoms with E-state index in [1.165, 1.54) is 6.07 Å². The monoisotopic (exact) mass is 473 g/mol. The Morgan fingerprint density at radius 2 is 2.09 bits per heavy atom. The highest BCUT2D eigenvalue weighted by Crippen LogP contribution is 2.49. The molecule has 0 bridgehead atoms. The van der Waals surface area contributed by atoms with Crippen molar-refractivity contribution >= 4 is 23.4 Å². The Morgan fingerprint density at radius 3 is 2.69 bits per heavy atom. The minimum atomic E-state index is -4.83. The van der Waals surface area contributed by atoms with Gasteiger partial charge in [0, 0.05) is 41.1 Å². The molecule has 3 heterocycles. The molecule has 1 atom stereocenters. The molecular weight excluding hydrogens is 453 g/mol. The van der Waals surface area contributed by atoms with Crippen molar-refractivity contribution in [3.8, 4) is 0 Å². The lowest BCUT2D eigenvalue weighted by Crippen LogP contribution is -2.44. The summed E-state index contributed by atoms with van der Waals surface area (Å²) >= 11 is 1.74. The molecule has 2 aliphatic rings. The fourth-order valence-electron chi connectivity index (χ4n) is 3.69. The Hall–Kier alpha value is -2.56. The van der Waals surface area contributed by atoms with E-state index in [0.717, 1.165) is 34.5 Å². The van der Waals surface area contributed by atoms with Crippen LogP contribution in [0, 0.1) is 6.92 Å². The number of benzene rings is 1. The Morgan fingerprint density at radius 1 is 1.34 bits per heavy atom. The minimum absolute atomic E-state index is 0.0642. The number of carbonyl (C=O) groups excluding carboxylic acids is 1. The maximum Gasteiger partial charge on any atom is 0.435 e. The highest BCUT2D eigenvalue weighted by Gasteiger charge is 2.62. The van der Waals surface area contributed by atoms with Crippen molar-refractivity contribution in [1.82, 2.24) is 9.88 Å². The molecule has 0 spiro atoms. The van der Waals surface area contributed by atoms with Gasteiger partial charge in [-0.05, 0) is 36.2 Å². The van der Waals surface area contributed by atoms with Crippen molar-refractivity contribution in [3.63, 3.8) is 0 Å². The Labute approximate surface area is 185 Å². The quantitative estimate of drug-likeness (QED) is 0.630. The SMILES string of the molecule is Cc1cc(C2=NOC(c3ccn(CC(F)F)c3)(C(F)(F)F)C2)ccc1C(=O)NC1CSC1. The first kappa shape index (κ1) is 22.6. The number of hydrogen-bond acceptors (Lipinski definition) is 4. The fourth-order valence-corrected chi connectivity index (χ4v) is 4.33. The number of amides is 1. The van der Waals surface area contributed by atoms with Crippen LogP contribution in [0.5, 0.6) is 0 Å². The predicted octanol–water partition coefficient (Wildman–Crippen LogP) is 4.49. The molecule has 5 nitrogen and oxygen atoms in total. The number of thioether (sulfide) groups is 1. The smallest absolute Gasteiger partial charge is 0.374 e. The van der Waals surface area contributed by atoms with E-state index in [2.05, 4.69) is 10.5 Å². The summed E-state index contributed by atoms with van der Waals surface area (Å²) in [4.78, 5) is 17.4. The van der Waals surface area contributed by atoms with Gasteiger partial charge >= 0.3 is 6.18 Å². The second-order valence-electron chi connectivity index (χ2n) is 7.86. The largest absolute Gasteiger partial charge is 0.435 e. The van der Waals surface area contributed by atoms with E-state index in [9.17, 15) is 26.7 Å². The van der Waals surface area contributed by atoms with Crippen molar-refractivity contribution in [3.05, 3.63) is 58.9 Å². The number of aromatic nitrogens is 1. The van der Waals surface area contributed by atoms with Crippen LogP contribution < -0.4 is 5.32 Å². The number of oxime groups is 1. The molecular formula is C21H20F5N3O2S. The lowest BCUT2D eigenvalue weighted by Gasteiger charge is -2.28. The van der Waals surface area contributed by atoms with E-state index in [-0.39, 0.29) is 23.2 Å². The molecule has 0 saturated carbocycles. The van der Waals surface area contributed by atoms with Gasteiger partial charge in [-0.2, -0.15) is 24.9 Å². The molecule has 0 radical (unpaired) electrons. The molecule has 1 amide bonds. The molecule has 11 heteroatoms. The van der Waals surface area contributed by atoms with Crippen LogP contribution in [0.25, 0.3) is 0 Å². The summed E-state index contributed by atoms with van der Waals surface area (Å²) in [7, 11) is 0. The van der Waals surface area contributed by atoms with Gasteiger partial charge in [0.05, 0.1) is 18.7 Å². The van der Waals surface area contributed by atoms with Crippen LogP contribution in [0.3, 0.4) is 0 Å². The van der Waals surface area contributed by atoms with Crippen LogP contribution in [-0.2, 0) is 17.0 Å². The lowest BCUT2D eigenvalue weighted by atomic mass is 9.87. The zero-order valence-electron chi connectivity index (χ0n) is 17.0. The second kappa shape index (κ2) is 8.42. The zero-order valence-corrected chi connectivity index (χ0v) is 17.8. The van der Waals surface area contributed by atoms with Crippen molar-refractivity contribution in [2.45, 2.75) is 44.1 Å². The maximum atomic E-state index is 14.1. The predicted molar refractivity (Wildman–Crippen MR) is 110 cm³/mol. The number of halogens is 5. The molecule has 1 saturated heterocycles. The second-order valence-corrected chi connectivity index (χ2v) is 8.93. The summed E-state index contributed by atoms with van der Waals surface area (Å²) in [6, 6.07) is 5.94. The number of nitrogens with one attached hydrogen (secondary N) is 1. The highest BCUT2D eigenvalue weighted by atomic mass is 32.2. The van der Waals surface area contributed by atoms with Gasteiger partial charge in [0.25, 0.3) is 17.9 Å². The van der Waals surface area contributed by atoms with Crippen LogP contribution in [-0.4, -0.2) is 46.3 Å². The molecule has 4 rings (SSSR count). The first-order chi connectivity index (χ1) is 15.1. The molecule has 1 aromatic carbocycles. The van der Waals surface area contributed by atoms with Crippen molar-refractivity contribution < 1.29 is 31.6 Å². The van der Waals surface area contributed by atoms with Crippen LogP contribution in [0.15, 0.2) is 41.8 Å². The van der Waals surface area contributed by atoms with Gasteiger partial charge in [0.2, 0.25) is 0 Å². The third-order valence-corrected chi connectivity index (χ3v) is 6.81. The average molecular weight is 473 g/mol. The summed E-state index contributed by atoms with van der Waals surface area (Å²) < 4.78 is 68.4. The number of alkyl halides is 5. The standard InChI is InChI=1S/C21H20F5N3O2S/c1-12-6-13(2-3-16(12)19(30)27-15-10-32-11-15)17-7-20(31-28-17,21(24,25)26)14-4-5-29(8-14)9-18(22)23/h2-6,8,15,18H,7,9-11H2,1H3,(H,27,30). The van der Waals surface area contributed by atoms with Crippen molar-refractivity contribution in [1.29, 1.82) is 0 Å². The van der Waals surface area contributed by atoms with Gasteiger partial charge in [-0.3, -0.25) is 4.79 Å². The van der Waals surface area contributed by atoms with Crippen molar-refractivity contribution in [2.24, 2.45) is 5.16 Å². The minimum Gasteiger partial charge on any atom is -0.374 e. The van der Waals surface area contributed by atoms with E-state index in [1.54, 1.807) is 30.8 Å². The van der Waals surface area contributed by atoms with E-state index < -0.39 is 31.2 Å². The zero-order chi connectivity index (χ0) is 23.1. The molecule has 1 fully saturated rings. The van der Waals surface area contributed by atoms with E-state index >= 15 is 0 Å². The highest BCUT2D eigenvalue weighted by molar-refractivity contribution is 8.00. The van der Waals surface area contributed by atoms with Crippen LogP contribution in [0.4, 0.5) is 22.0 Å². The molecule has 1 unspecified atom stereocenters. The maximum absolute atomic E-state index is 14.1. The summed E-state index contributed by atoms with van der Waals surface area (Å²) in [6.07, 6.45) is -5.97. The summed E-state index contributed by atoms with van der Waals surface area (Å²) in [5.41, 5.74) is -1.55. The van der Waals surface area contributed by atoms with Gasteiger partial charge < -0.3 is 14.7 Å². The van der Waals surface area contributed by atoms with Crippen LogP contribution in [0.1, 0.15) is 33.5 Å². The van der Waals surface area contributed by atoms with Gasteiger partial charge in [0.1, 0.15) is 0 Å². The van der Waals surface area contributed by atoms with E-state index in [0.29, 0.717) is 16.7 Å². The molecule has 32 heavy (non-hydrogen) atoms. The van der Waals surface area contributed by atoms with Crippen molar-refractivity contribution in [2.75, 3.05) is 11.5 Å². The summed E-state index contributed by atoms with van der Waals surface area (Å²) in [5, 5.41) is 6.61. The number of hydrogen-bond donors (Lipinski definition) is 1. The first-order valence-corrected chi connectivity index (χ1v) is 11.0. The third kappa shape index (κ3) is 4.22. The van der Waals surface area contributed by atoms with Gasteiger partial charge in [-0.25, -0.2) is 8.78 Å². The molecule has 2 aromatic rings. The van der Waals surface area contributed by atoms with Gasteiger partial charge in [-0.15, -0.1) is 0 Å². The number of aryl methyl sites for hydroxylation is 1. The average Bonchev–Trinajstić information content (AvgIpc) is 3.31. The number of carbonyl (C=O) groups is 1. The molecule has 0 aliphatic carbocycles. The van der Waals surface area contributed by atoms with Crippen LogP contribution >= 0.6 is 11.8 Å². The Kier molecular flexibility index (Phi) is 5.95. The Balaban J connectivity index is 1.56. The molecule has 1 aromatic heterocycles. The lowest BCUT2D eigenvalue weighted by molar-refractivity contribution is -0.275. The van der Waals surface area contributed by atoms with Crippen LogP contribution in [0.2, 0.25) is 0 Å². The topological polar surface area (TPSA) is 55.6 Å². The number of nitrogens with zero attached hydrogens (tertiary/aromatic N) is 2. The van der Waals surface area contributed by atoms with E-state index in [1.807, 2.05) is 0 Å². The molecule has 172 valence electrons. The Bertz CT molecular complexity index is 1050. The summed E-state index contributed by atoms with van der Waals surface area (Å²) in [5.74, 6) is 1.49. The first-order valence-electron chi connectivity index (χ1n) is 9.85. The van der Waals surface area contributed by atoms with Gasteiger partial charge in [0.15, 0.2) is 0 Å². The normalized spacial score (nSPS) is 21.3. The molecule has 2 aliphatic heterocycles. The number of rotatable bonds is 6. The fraction of sp³-hybridized carbons (Fsp3) is 0.429. The third-order valence-electron chi connectivity index (χ3n) is 5.53. The van der Waals surface area contributed by atoms with Gasteiger partial charge in [-0.1, -0.05) is 11.2 Å². The van der Waals surface area contributed by atoms with E-state index in [4.69, 9.17) is 4.84 Å². The molecule has 1 N–H and O–H groups in total. The summed E-state index contributed by atoms with van der Waals surface area (Å²) in [6.45, 7) is 0.982.